The van der Waals surface area contributed by atoms with Gasteiger partial charge >= 0.3 is 0 Å². The van der Waals surface area contributed by atoms with Crippen LogP contribution in [0.2, 0.25) is 0 Å². The molecule has 6 rings (SSSR count). The molecule has 1 aliphatic heterocycles. The Morgan fingerprint density at radius 3 is 2.04 bits per heavy atom. The lowest BCUT2D eigenvalue weighted by molar-refractivity contribution is -0.123. The third-order valence-electron chi connectivity index (χ3n) is 8.03. The molecule has 0 spiro atoms. The summed E-state index contributed by atoms with van der Waals surface area (Å²) in [5, 5.41) is 0. The lowest BCUT2D eigenvalue weighted by atomic mass is 9.65. The van der Waals surface area contributed by atoms with Crippen molar-refractivity contribution in [3.63, 3.8) is 0 Å². The maximum Gasteiger partial charge on any atom is 0.237 e. The second-order valence-electron chi connectivity index (χ2n) is 9.02. The van der Waals surface area contributed by atoms with Gasteiger partial charge in [-0.05, 0) is 73.8 Å². The zero-order chi connectivity index (χ0) is 17.0. The minimum Gasteiger partial charge on any atom is -0.274 e. The number of benzene rings is 1. The quantitative estimate of drug-likeness (QED) is 0.448. The Balaban J connectivity index is 1.42. The zero-order valence-electron chi connectivity index (χ0n) is 14.7. The summed E-state index contributed by atoms with van der Waals surface area (Å²) in [5.41, 5.74) is 2.99. The van der Waals surface area contributed by atoms with E-state index in [1.165, 1.54) is 6.42 Å². The largest absolute Gasteiger partial charge is 0.274 e. The summed E-state index contributed by atoms with van der Waals surface area (Å²) in [6.45, 7) is 4.05. The van der Waals surface area contributed by atoms with E-state index in [1.54, 1.807) is 4.90 Å². The Kier molecular flexibility index (Phi) is 2.53. The number of fused-ring (bicyclic) bond motifs is 12. The van der Waals surface area contributed by atoms with Gasteiger partial charge < -0.3 is 0 Å². The molecule has 8 atom stereocenters. The van der Waals surface area contributed by atoms with E-state index in [4.69, 9.17) is 0 Å². The van der Waals surface area contributed by atoms with E-state index in [-0.39, 0.29) is 23.7 Å². The van der Waals surface area contributed by atoms with Gasteiger partial charge in [0, 0.05) is 0 Å². The predicted octanol–water partition coefficient (Wildman–Crippen LogP) is 3.50. The smallest absolute Gasteiger partial charge is 0.237 e. The summed E-state index contributed by atoms with van der Waals surface area (Å²) >= 11 is 0. The van der Waals surface area contributed by atoms with Crippen molar-refractivity contribution < 1.29 is 9.59 Å². The number of carbonyl (C=O) groups is 2. The number of allylic oxidation sites excluding steroid dienone is 2. The van der Waals surface area contributed by atoms with Crippen molar-refractivity contribution >= 4 is 17.5 Å². The summed E-state index contributed by atoms with van der Waals surface area (Å²) in [6.07, 6.45) is 7.16. The van der Waals surface area contributed by atoms with Crippen molar-refractivity contribution in [2.45, 2.75) is 26.7 Å². The van der Waals surface area contributed by atoms with Gasteiger partial charge in [0.15, 0.2) is 0 Å². The van der Waals surface area contributed by atoms with Crippen LogP contribution in [0.1, 0.15) is 24.0 Å². The molecule has 1 aromatic carbocycles. The second kappa shape index (κ2) is 4.44. The molecule has 1 aromatic rings. The molecule has 1 saturated heterocycles. The van der Waals surface area contributed by atoms with Gasteiger partial charge in [-0.15, -0.1) is 0 Å². The third-order valence-corrected chi connectivity index (χ3v) is 8.03. The number of imide groups is 1. The zero-order valence-corrected chi connectivity index (χ0v) is 14.7. The molecule has 3 nitrogen and oxygen atoms in total. The highest BCUT2D eigenvalue weighted by Crippen LogP contribution is 2.70. The van der Waals surface area contributed by atoms with Gasteiger partial charge in [0.25, 0.3) is 0 Å². The molecule has 0 aromatic heterocycles. The van der Waals surface area contributed by atoms with Crippen LogP contribution in [-0.2, 0) is 9.59 Å². The molecule has 4 fully saturated rings. The van der Waals surface area contributed by atoms with Crippen molar-refractivity contribution in [2.75, 3.05) is 4.90 Å². The summed E-state index contributed by atoms with van der Waals surface area (Å²) in [6, 6.07) is 6.03. The third kappa shape index (κ3) is 1.54. The summed E-state index contributed by atoms with van der Waals surface area (Å²) in [4.78, 5) is 28.2. The first kappa shape index (κ1) is 14.3. The molecule has 0 radical (unpaired) electrons. The molecular formula is C22H23NO2. The molecule has 4 bridgehead atoms. The molecule has 2 amide bonds. The van der Waals surface area contributed by atoms with E-state index in [9.17, 15) is 9.59 Å². The van der Waals surface area contributed by atoms with E-state index in [0.29, 0.717) is 35.5 Å². The highest BCUT2D eigenvalue weighted by atomic mass is 16.2. The van der Waals surface area contributed by atoms with Crippen LogP contribution in [0.3, 0.4) is 0 Å². The Morgan fingerprint density at radius 1 is 0.880 bits per heavy atom. The first-order valence-electron chi connectivity index (χ1n) is 9.69. The van der Waals surface area contributed by atoms with Crippen molar-refractivity contribution in [3.8, 4) is 0 Å². The van der Waals surface area contributed by atoms with E-state index in [1.807, 2.05) is 26.0 Å². The molecule has 128 valence electrons. The standard InChI is InChI=1S/C22H23NO2/c1-10-3-6-16(11(2)7-10)23-21(24)19-14-9-15(20(19)22(23)25)18-13-5-4-12(8-13)17(14)18/h3-7,12-15,17-20H,8-9H2,1-2H3. The fourth-order valence-corrected chi connectivity index (χ4v) is 7.41. The number of aryl methyl sites for hydroxylation is 2. The first-order valence-corrected chi connectivity index (χ1v) is 9.69. The van der Waals surface area contributed by atoms with Crippen LogP contribution in [-0.4, -0.2) is 11.8 Å². The van der Waals surface area contributed by atoms with Gasteiger partial charge in [0.05, 0.1) is 17.5 Å². The molecule has 8 unspecified atom stereocenters. The summed E-state index contributed by atoms with van der Waals surface area (Å²) in [5.74, 6) is 3.61. The fraction of sp³-hybridized carbons (Fsp3) is 0.545. The van der Waals surface area contributed by atoms with Crippen molar-refractivity contribution in [1.29, 1.82) is 0 Å². The number of hydrogen-bond acceptors (Lipinski definition) is 2. The minimum absolute atomic E-state index is 0.0489. The minimum atomic E-state index is -0.0489. The first-order chi connectivity index (χ1) is 12.1. The maximum absolute atomic E-state index is 13.3. The number of anilines is 1. The van der Waals surface area contributed by atoms with Gasteiger partial charge in [-0.25, -0.2) is 4.90 Å². The van der Waals surface area contributed by atoms with Crippen LogP contribution in [0.25, 0.3) is 0 Å². The summed E-state index contributed by atoms with van der Waals surface area (Å²) < 4.78 is 0. The van der Waals surface area contributed by atoms with Crippen LogP contribution in [0, 0.1) is 61.2 Å². The Bertz CT molecular complexity index is 814. The van der Waals surface area contributed by atoms with E-state index in [2.05, 4.69) is 18.2 Å². The van der Waals surface area contributed by atoms with Crippen LogP contribution >= 0.6 is 0 Å². The molecule has 5 aliphatic rings. The second-order valence-corrected chi connectivity index (χ2v) is 9.02. The number of hydrogen-bond donors (Lipinski definition) is 0. The van der Waals surface area contributed by atoms with E-state index < -0.39 is 0 Å². The fourth-order valence-electron chi connectivity index (χ4n) is 7.41. The van der Waals surface area contributed by atoms with Crippen molar-refractivity contribution in [2.24, 2.45) is 47.3 Å². The lowest BCUT2D eigenvalue weighted by Crippen LogP contribution is -2.38. The number of carbonyl (C=O) groups excluding carboxylic acids is 2. The van der Waals surface area contributed by atoms with Gasteiger partial charge in [-0.2, -0.15) is 0 Å². The topological polar surface area (TPSA) is 37.4 Å². The normalized spacial score (nSPS) is 45.6. The van der Waals surface area contributed by atoms with Crippen molar-refractivity contribution in [1.82, 2.24) is 0 Å². The van der Waals surface area contributed by atoms with E-state index in [0.717, 1.165) is 23.2 Å². The average Bonchev–Trinajstić information content (AvgIpc) is 3.35. The Labute approximate surface area is 148 Å². The highest BCUT2D eigenvalue weighted by Gasteiger charge is 2.71. The molecule has 3 saturated carbocycles. The monoisotopic (exact) mass is 333 g/mol. The highest BCUT2D eigenvalue weighted by molar-refractivity contribution is 6.23. The van der Waals surface area contributed by atoms with Crippen molar-refractivity contribution in [3.05, 3.63) is 41.5 Å². The Hall–Kier alpha value is -1.90. The van der Waals surface area contributed by atoms with Crippen LogP contribution < -0.4 is 4.90 Å². The SMILES string of the molecule is Cc1ccc(N2C(=O)C3C4CC(C3C2=O)C2C3C=CC(C3)C42)c(C)c1. The molecule has 25 heavy (non-hydrogen) atoms. The number of amides is 2. The number of rotatable bonds is 1. The average molecular weight is 333 g/mol. The summed E-state index contributed by atoms with van der Waals surface area (Å²) in [7, 11) is 0. The number of nitrogens with zero attached hydrogens (tertiary/aromatic N) is 1. The predicted molar refractivity (Wildman–Crippen MR) is 94.7 cm³/mol. The molecule has 4 aliphatic carbocycles. The Morgan fingerprint density at radius 2 is 1.48 bits per heavy atom. The molecule has 3 heteroatoms. The van der Waals surface area contributed by atoms with E-state index >= 15 is 0 Å². The van der Waals surface area contributed by atoms with Gasteiger partial charge in [0.2, 0.25) is 11.8 Å². The molecular weight excluding hydrogens is 310 g/mol. The van der Waals surface area contributed by atoms with Gasteiger partial charge in [-0.1, -0.05) is 29.8 Å². The molecule has 0 N–H and O–H groups in total. The van der Waals surface area contributed by atoms with Crippen LogP contribution in [0.4, 0.5) is 5.69 Å². The molecule has 1 heterocycles. The van der Waals surface area contributed by atoms with Gasteiger partial charge in [0.1, 0.15) is 0 Å². The van der Waals surface area contributed by atoms with Crippen LogP contribution in [0.5, 0.6) is 0 Å². The van der Waals surface area contributed by atoms with Crippen LogP contribution in [0.15, 0.2) is 30.4 Å². The maximum atomic E-state index is 13.3. The lowest BCUT2D eigenvalue weighted by Gasteiger charge is -2.36. The van der Waals surface area contributed by atoms with Gasteiger partial charge in [-0.3, -0.25) is 9.59 Å².